The first-order chi connectivity index (χ1) is 12.1. The summed E-state index contributed by atoms with van der Waals surface area (Å²) < 4.78 is 2.09. The molecule has 134 valence electrons. The predicted molar refractivity (Wildman–Crippen MR) is 99.5 cm³/mol. The van der Waals surface area contributed by atoms with Crippen molar-refractivity contribution in [1.29, 1.82) is 0 Å². The lowest BCUT2D eigenvalue weighted by Crippen LogP contribution is -2.48. The van der Waals surface area contributed by atoms with E-state index in [1.54, 1.807) is 6.20 Å². The summed E-state index contributed by atoms with van der Waals surface area (Å²) in [6.07, 6.45) is 5.24. The Kier molecular flexibility index (Phi) is 6.10. The van der Waals surface area contributed by atoms with Crippen LogP contribution >= 0.6 is 11.6 Å². The van der Waals surface area contributed by atoms with E-state index in [0.717, 1.165) is 56.5 Å². The molecule has 6 heteroatoms. The van der Waals surface area contributed by atoms with Gasteiger partial charge in [0.1, 0.15) is 5.82 Å². The number of hydrogen-bond acceptors (Lipinski definition) is 3. The molecule has 1 aliphatic rings. The van der Waals surface area contributed by atoms with E-state index in [1.165, 1.54) is 5.56 Å². The van der Waals surface area contributed by atoms with Crippen LogP contribution in [0.4, 0.5) is 0 Å². The monoisotopic (exact) mass is 360 g/mol. The van der Waals surface area contributed by atoms with Gasteiger partial charge in [0, 0.05) is 63.1 Å². The van der Waals surface area contributed by atoms with Crippen molar-refractivity contribution in [3.8, 4) is 0 Å². The molecule has 0 bridgehead atoms. The van der Waals surface area contributed by atoms with Crippen molar-refractivity contribution < 1.29 is 4.79 Å². The zero-order valence-electron chi connectivity index (χ0n) is 14.7. The number of hydrogen-bond donors (Lipinski definition) is 0. The second-order valence-corrected chi connectivity index (χ2v) is 6.99. The van der Waals surface area contributed by atoms with Crippen LogP contribution in [0, 0.1) is 6.92 Å². The molecule has 1 aromatic carbocycles. The number of halogens is 1. The molecule has 0 aliphatic carbocycles. The maximum atomic E-state index is 12.4. The molecule has 1 aromatic heterocycles. The number of benzene rings is 1. The second-order valence-electron chi connectivity index (χ2n) is 6.55. The minimum absolute atomic E-state index is 0.268. The van der Waals surface area contributed by atoms with Crippen LogP contribution in [0.5, 0.6) is 0 Å². The van der Waals surface area contributed by atoms with E-state index in [2.05, 4.69) is 26.6 Å². The molecule has 1 fully saturated rings. The second kappa shape index (κ2) is 8.50. The third kappa shape index (κ3) is 5.06. The van der Waals surface area contributed by atoms with Gasteiger partial charge < -0.3 is 9.47 Å². The summed E-state index contributed by atoms with van der Waals surface area (Å²) in [6.45, 7) is 7.24. The maximum Gasteiger partial charge on any atom is 0.222 e. The molecule has 2 heterocycles. The number of piperazine rings is 1. The first-order valence-corrected chi connectivity index (χ1v) is 9.22. The summed E-state index contributed by atoms with van der Waals surface area (Å²) in [4.78, 5) is 21.0. The van der Waals surface area contributed by atoms with E-state index in [1.807, 2.05) is 30.2 Å². The third-order valence-corrected chi connectivity index (χ3v) is 5.01. The van der Waals surface area contributed by atoms with Crippen molar-refractivity contribution >= 4 is 17.5 Å². The fourth-order valence-electron chi connectivity index (χ4n) is 3.20. The van der Waals surface area contributed by atoms with E-state index in [0.29, 0.717) is 6.42 Å². The molecule has 0 atom stereocenters. The largest absolute Gasteiger partial charge is 0.340 e. The minimum atomic E-state index is 0.268. The van der Waals surface area contributed by atoms with Crippen LogP contribution in [0.2, 0.25) is 5.02 Å². The van der Waals surface area contributed by atoms with Crippen LogP contribution in [0.15, 0.2) is 36.7 Å². The molecule has 0 saturated carbocycles. The van der Waals surface area contributed by atoms with Crippen LogP contribution in [0.1, 0.15) is 24.2 Å². The Bertz CT molecular complexity index is 690. The third-order valence-electron chi connectivity index (χ3n) is 4.76. The molecule has 1 amide bonds. The van der Waals surface area contributed by atoms with Crippen LogP contribution in [-0.2, 0) is 17.9 Å². The maximum absolute atomic E-state index is 12.4. The molecular weight excluding hydrogens is 336 g/mol. The number of amides is 1. The van der Waals surface area contributed by atoms with E-state index >= 15 is 0 Å². The van der Waals surface area contributed by atoms with Crippen molar-refractivity contribution in [2.75, 3.05) is 26.2 Å². The van der Waals surface area contributed by atoms with Gasteiger partial charge in [-0.25, -0.2) is 4.98 Å². The van der Waals surface area contributed by atoms with E-state index < -0.39 is 0 Å². The lowest BCUT2D eigenvalue weighted by atomic mass is 10.2. The lowest BCUT2D eigenvalue weighted by molar-refractivity contribution is -0.133. The van der Waals surface area contributed by atoms with Gasteiger partial charge in [0.25, 0.3) is 0 Å². The fourth-order valence-corrected chi connectivity index (χ4v) is 3.33. The molecule has 0 spiro atoms. The smallest absolute Gasteiger partial charge is 0.222 e. The van der Waals surface area contributed by atoms with Crippen molar-refractivity contribution in [3.05, 3.63) is 53.1 Å². The zero-order chi connectivity index (χ0) is 17.6. The number of aromatic nitrogens is 2. The van der Waals surface area contributed by atoms with Crippen LogP contribution in [0.3, 0.4) is 0 Å². The SMILES string of the molecule is Cc1nccn1CCCC(=O)N1CCN(Cc2ccc(Cl)cc2)CC1. The lowest BCUT2D eigenvalue weighted by Gasteiger charge is -2.34. The summed E-state index contributed by atoms with van der Waals surface area (Å²) in [7, 11) is 0. The highest BCUT2D eigenvalue weighted by Crippen LogP contribution is 2.13. The summed E-state index contributed by atoms with van der Waals surface area (Å²) in [5, 5.41) is 0.769. The average Bonchev–Trinajstić information content (AvgIpc) is 3.02. The number of carbonyl (C=O) groups is 1. The molecule has 0 radical (unpaired) electrons. The Morgan fingerprint density at radius 1 is 1.16 bits per heavy atom. The minimum Gasteiger partial charge on any atom is -0.340 e. The normalized spacial score (nSPS) is 15.5. The van der Waals surface area contributed by atoms with Gasteiger partial charge in [0.2, 0.25) is 5.91 Å². The summed E-state index contributed by atoms with van der Waals surface area (Å²) in [5.41, 5.74) is 1.26. The van der Waals surface area contributed by atoms with Crippen LogP contribution < -0.4 is 0 Å². The molecule has 0 N–H and O–H groups in total. The first-order valence-electron chi connectivity index (χ1n) is 8.84. The molecule has 0 unspecified atom stereocenters. The van der Waals surface area contributed by atoms with E-state index in [-0.39, 0.29) is 5.91 Å². The molecular formula is C19H25ClN4O. The van der Waals surface area contributed by atoms with Gasteiger partial charge in [-0.15, -0.1) is 0 Å². The molecule has 1 aliphatic heterocycles. The Balaban J connectivity index is 1.38. The molecule has 1 saturated heterocycles. The number of nitrogens with zero attached hydrogens (tertiary/aromatic N) is 4. The van der Waals surface area contributed by atoms with Crippen molar-refractivity contribution in [1.82, 2.24) is 19.4 Å². The molecule has 3 rings (SSSR count). The highest BCUT2D eigenvalue weighted by Gasteiger charge is 2.20. The number of rotatable bonds is 6. The Morgan fingerprint density at radius 3 is 2.52 bits per heavy atom. The fraction of sp³-hybridized carbons (Fsp3) is 0.474. The number of imidazole rings is 1. The highest BCUT2D eigenvalue weighted by atomic mass is 35.5. The zero-order valence-corrected chi connectivity index (χ0v) is 15.5. The molecule has 2 aromatic rings. The van der Waals surface area contributed by atoms with Gasteiger partial charge in [-0.3, -0.25) is 9.69 Å². The van der Waals surface area contributed by atoms with Gasteiger partial charge >= 0.3 is 0 Å². The van der Waals surface area contributed by atoms with Crippen LogP contribution in [-0.4, -0.2) is 51.4 Å². The van der Waals surface area contributed by atoms with Gasteiger partial charge in [-0.1, -0.05) is 23.7 Å². The van der Waals surface area contributed by atoms with Crippen molar-refractivity contribution in [2.45, 2.75) is 32.9 Å². The number of aryl methyl sites for hydroxylation is 2. The topological polar surface area (TPSA) is 41.4 Å². The summed E-state index contributed by atoms with van der Waals surface area (Å²) in [6, 6.07) is 7.99. The van der Waals surface area contributed by atoms with Crippen LogP contribution in [0.25, 0.3) is 0 Å². The molecule has 25 heavy (non-hydrogen) atoms. The van der Waals surface area contributed by atoms with Gasteiger partial charge in [-0.2, -0.15) is 0 Å². The van der Waals surface area contributed by atoms with E-state index in [9.17, 15) is 4.79 Å². The van der Waals surface area contributed by atoms with Crippen molar-refractivity contribution in [3.63, 3.8) is 0 Å². The Hall–Kier alpha value is -1.85. The quantitative estimate of drug-likeness (QED) is 0.795. The van der Waals surface area contributed by atoms with E-state index in [4.69, 9.17) is 11.6 Å². The average molecular weight is 361 g/mol. The first kappa shape index (κ1) is 18.0. The number of carbonyl (C=O) groups excluding carboxylic acids is 1. The highest BCUT2D eigenvalue weighted by molar-refractivity contribution is 6.30. The molecule has 5 nitrogen and oxygen atoms in total. The van der Waals surface area contributed by atoms with Crippen molar-refractivity contribution in [2.24, 2.45) is 0 Å². The summed E-state index contributed by atoms with van der Waals surface area (Å²) >= 11 is 5.93. The Morgan fingerprint density at radius 2 is 1.88 bits per heavy atom. The predicted octanol–water partition coefficient (Wildman–Crippen LogP) is 2.97. The Labute approximate surface area is 154 Å². The summed E-state index contributed by atoms with van der Waals surface area (Å²) in [5.74, 6) is 1.27. The van der Waals surface area contributed by atoms with Gasteiger partial charge in [-0.05, 0) is 31.0 Å². The van der Waals surface area contributed by atoms with Gasteiger partial charge in [0.05, 0.1) is 0 Å². The van der Waals surface area contributed by atoms with Gasteiger partial charge in [0.15, 0.2) is 0 Å². The standard InChI is InChI=1S/C19H25ClN4O/c1-16-21-8-10-23(16)9-2-3-19(25)24-13-11-22(12-14-24)15-17-4-6-18(20)7-5-17/h4-8,10H,2-3,9,11-15H2,1H3.